The number of hydrogen-bond donors (Lipinski definition) is 1. The molecular weight excluding hydrogens is 484 g/mol. The van der Waals surface area contributed by atoms with Crippen LogP contribution in [0.4, 0.5) is 5.69 Å². The zero-order chi connectivity index (χ0) is 26.4. The van der Waals surface area contributed by atoms with E-state index in [4.69, 9.17) is 4.74 Å². The number of methoxy groups -OCH3 is 1. The molecule has 0 spiro atoms. The average Bonchev–Trinajstić information content (AvgIpc) is 2.93. The zero-order valence-electron chi connectivity index (χ0n) is 21.1. The number of nitrogens with zero attached hydrogens (tertiary/aromatic N) is 1. The van der Waals surface area contributed by atoms with E-state index in [-0.39, 0.29) is 11.4 Å². The molecule has 0 radical (unpaired) electrons. The second-order valence-corrected chi connectivity index (χ2v) is 10.6. The van der Waals surface area contributed by atoms with E-state index < -0.39 is 22.0 Å². The topological polar surface area (TPSA) is 75.7 Å². The minimum atomic E-state index is -4.00. The molecule has 0 unspecified atom stereocenters. The number of ether oxygens (including phenoxy) is 1. The number of carbonyl (C=O) groups excluding carboxylic acids is 1. The first-order valence-electron chi connectivity index (χ1n) is 11.9. The number of benzene rings is 4. The maximum absolute atomic E-state index is 13.7. The third-order valence-corrected chi connectivity index (χ3v) is 8.07. The summed E-state index contributed by atoms with van der Waals surface area (Å²) < 4.78 is 33.8. The number of anilines is 1. The Morgan fingerprint density at radius 1 is 0.811 bits per heavy atom. The maximum atomic E-state index is 13.7. The number of sulfonamides is 1. The lowest BCUT2D eigenvalue weighted by Gasteiger charge is -2.26. The van der Waals surface area contributed by atoms with Gasteiger partial charge in [-0.3, -0.25) is 9.10 Å². The van der Waals surface area contributed by atoms with Crippen LogP contribution in [-0.4, -0.2) is 28.0 Å². The Hall–Kier alpha value is -4.10. The Morgan fingerprint density at radius 2 is 1.41 bits per heavy atom. The lowest BCUT2D eigenvalue weighted by atomic mass is 9.98. The Balaban J connectivity index is 1.69. The smallest absolute Gasteiger partial charge is 0.264 e. The first-order valence-corrected chi connectivity index (χ1v) is 13.4. The number of aryl methyl sites for hydroxylation is 2. The van der Waals surface area contributed by atoms with Gasteiger partial charge in [-0.15, -0.1) is 0 Å². The molecule has 0 fully saturated rings. The van der Waals surface area contributed by atoms with E-state index >= 15 is 0 Å². The van der Waals surface area contributed by atoms with Crippen molar-refractivity contribution in [3.8, 4) is 5.75 Å². The molecule has 6 nitrogen and oxygen atoms in total. The van der Waals surface area contributed by atoms with Gasteiger partial charge in [-0.25, -0.2) is 8.42 Å². The van der Waals surface area contributed by atoms with Gasteiger partial charge in [0, 0.05) is 0 Å². The van der Waals surface area contributed by atoms with Gasteiger partial charge >= 0.3 is 0 Å². The van der Waals surface area contributed by atoms with Crippen molar-refractivity contribution in [2.45, 2.75) is 24.8 Å². The van der Waals surface area contributed by atoms with E-state index in [9.17, 15) is 13.2 Å². The number of nitrogens with one attached hydrogen (secondary N) is 1. The molecule has 4 rings (SSSR count). The van der Waals surface area contributed by atoms with Crippen molar-refractivity contribution in [3.05, 3.63) is 125 Å². The van der Waals surface area contributed by atoms with Crippen LogP contribution in [-0.2, 0) is 14.8 Å². The fourth-order valence-corrected chi connectivity index (χ4v) is 5.49. The van der Waals surface area contributed by atoms with E-state index in [0.29, 0.717) is 11.4 Å². The molecule has 1 atom stereocenters. The summed E-state index contributed by atoms with van der Waals surface area (Å²) in [6.45, 7) is 3.50. The van der Waals surface area contributed by atoms with Crippen molar-refractivity contribution < 1.29 is 17.9 Å². The summed E-state index contributed by atoms with van der Waals surface area (Å²) in [6.07, 6.45) is 0. The Kier molecular flexibility index (Phi) is 7.94. The highest BCUT2D eigenvalue weighted by Gasteiger charge is 2.28. The van der Waals surface area contributed by atoms with Crippen LogP contribution in [0.2, 0.25) is 0 Å². The molecule has 0 aromatic heterocycles. The zero-order valence-corrected chi connectivity index (χ0v) is 21.9. The van der Waals surface area contributed by atoms with Gasteiger partial charge < -0.3 is 10.1 Å². The van der Waals surface area contributed by atoms with Crippen LogP contribution >= 0.6 is 0 Å². The van der Waals surface area contributed by atoms with E-state index in [1.54, 1.807) is 37.4 Å². The van der Waals surface area contributed by atoms with Crippen molar-refractivity contribution >= 4 is 21.6 Å². The average molecular weight is 515 g/mol. The van der Waals surface area contributed by atoms with Crippen molar-refractivity contribution in [1.29, 1.82) is 0 Å². The molecule has 0 saturated heterocycles. The highest BCUT2D eigenvalue weighted by atomic mass is 32.2. The summed E-state index contributed by atoms with van der Waals surface area (Å²) >= 11 is 0. The highest BCUT2D eigenvalue weighted by molar-refractivity contribution is 7.92. The number of carbonyl (C=O) groups is 1. The Bertz CT molecular complexity index is 1450. The van der Waals surface area contributed by atoms with E-state index in [1.165, 1.54) is 16.4 Å². The predicted octanol–water partition coefficient (Wildman–Crippen LogP) is 5.41. The molecule has 4 aromatic rings. The summed E-state index contributed by atoms with van der Waals surface area (Å²) in [5.74, 6) is 0.277. The van der Waals surface area contributed by atoms with E-state index in [1.807, 2.05) is 74.5 Å². The third-order valence-electron chi connectivity index (χ3n) is 6.28. The van der Waals surface area contributed by atoms with Crippen LogP contribution in [0.3, 0.4) is 0 Å². The number of rotatable bonds is 9. The van der Waals surface area contributed by atoms with Crippen LogP contribution in [0.5, 0.6) is 5.75 Å². The molecule has 1 N–H and O–H groups in total. The molecule has 190 valence electrons. The standard InChI is InChI=1S/C30H30N2O4S/c1-22-14-17-26(20-23(22)2)32(37(34,35)28-12-8-5-9-13-28)21-29(33)31-30(24-10-6-4-7-11-24)25-15-18-27(36-3)19-16-25/h4-20,30H,21H2,1-3H3,(H,31,33)/t30-/m1/s1. The third kappa shape index (κ3) is 6.01. The molecule has 37 heavy (non-hydrogen) atoms. The van der Waals surface area contributed by atoms with Gasteiger partial charge in [0.25, 0.3) is 10.0 Å². The Labute approximate surface area is 218 Å². The molecule has 4 aromatic carbocycles. The molecule has 0 saturated carbocycles. The summed E-state index contributed by atoms with van der Waals surface area (Å²) in [5.41, 5.74) is 4.14. The van der Waals surface area contributed by atoms with Crippen LogP contribution in [0.15, 0.2) is 108 Å². The lowest BCUT2D eigenvalue weighted by molar-refractivity contribution is -0.120. The maximum Gasteiger partial charge on any atom is 0.264 e. The SMILES string of the molecule is COc1ccc([C@H](NC(=O)CN(c2ccc(C)c(C)c2)S(=O)(=O)c2ccccc2)c2ccccc2)cc1. The summed E-state index contributed by atoms with van der Waals surface area (Å²) in [4.78, 5) is 13.6. The van der Waals surface area contributed by atoms with Crippen molar-refractivity contribution in [2.24, 2.45) is 0 Å². The summed E-state index contributed by atoms with van der Waals surface area (Å²) in [6, 6.07) is 30.1. The van der Waals surface area contributed by atoms with E-state index in [2.05, 4.69) is 5.32 Å². The van der Waals surface area contributed by atoms with Gasteiger partial charge in [-0.1, -0.05) is 66.7 Å². The fourth-order valence-electron chi connectivity index (χ4n) is 4.05. The normalized spacial score (nSPS) is 12.0. The van der Waals surface area contributed by atoms with E-state index in [0.717, 1.165) is 22.3 Å². The lowest BCUT2D eigenvalue weighted by Crippen LogP contribution is -2.42. The largest absolute Gasteiger partial charge is 0.497 e. The molecular formula is C30H30N2O4S. The quantitative estimate of drug-likeness (QED) is 0.324. The minimum Gasteiger partial charge on any atom is -0.497 e. The van der Waals surface area contributed by atoms with Crippen LogP contribution in [0, 0.1) is 13.8 Å². The number of amides is 1. The van der Waals surface area contributed by atoms with Gasteiger partial charge in [-0.2, -0.15) is 0 Å². The molecule has 7 heteroatoms. The van der Waals surface area contributed by atoms with Gasteiger partial charge in [0.05, 0.1) is 23.7 Å². The molecule has 0 aliphatic heterocycles. The first kappa shape index (κ1) is 26.0. The molecule has 0 heterocycles. The van der Waals surface area contributed by atoms with Crippen LogP contribution in [0.1, 0.15) is 28.3 Å². The Morgan fingerprint density at radius 3 is 2.00 bits per heavy atom. The molecule has 0 aliphatic rings. The minimum absolute atomic E-state index is 0.121. The number of hydrogen-bond acceptors (Lipinski definition) is 4. The van der Waals surface area contributed by atoms with Crippen molar-refractivity contribution in [2.75, 3.05) is 18.0 Å². The van der Waals surface area contributed by atoms with Crippen LogP contribution < -0.4 is 14.4 Å². The van der Waals surface area contributed by atoms with Gasteiger partial charge in [-0.05, 0) is 72.5 Å². The first-order chi connectivity index (χ1) is 17.8. The molecule has 1 amide bonds. The summed E-state index contributed by atoms with van der Waals surface area (Å²) in [7, 11) is -2.40. The second-order valence-electron chi connectivity index (χ2n) is 8.78. The fraction of sp³-hybridized carbons (Fsp3) is 0.167. The molecule has 0 aliphatic carbocycles. The second kappa shape index (κ2) is 11.3. The van der Waals surface area contributed by atoms with Gasteiger partial charge in [0.15, 0.2) is 0 Å². The highest BCUT2D eigenvalue weighted by Crippen LogP contribution is 2.27. The molecule has 0 bridgehead atoms. The van der Waals surface area contributed by atoms with Crippen molar-refractivity contribution in [3.63, 3.8) is 0 Å². The van der Waals surface area contributed by atoms with Gasteiger partial charge in [0.1, 0.15) is 12.3 Å². The predicted molar refractivity (Wildman–Crippen MR) is 146 cm³/mol. The van der Waals surface area contributed by atoms with Crippen molar-refractivity contribution in [1.82, 2.24) is 5.32 Å². The van der Waals surface area contributed by atoms with Gasteiger partial charge in [0.2, 0.25) is 5.91 Å². The van der Waals surface area contributed by atoms with Crippen LogP contribution in [0.25, 0.3) is 0 Å². The summed E-state index contributed by atoms with van der Waals surface area (Å²) in [5, 5.41) is 3.05. The monoisotopic (exact) mass is 514 g/mol.